The fourth-order valence-corrected chi connectivity index (χ4v) is 3.87. The lowest BCUT2D eigenvalue weighted by atomic mass is 10.0. The van der Waals surface area contributed by atoms with Gasteiger partial charge in [0.05, 0.1) is 13.2 Å². The molecule has 4 aromatic rings. The molecule has 2 aromatic carbocycles. The molecule has 1 saturated heterocycles. The van der Waals surface area contributed by atoms with E-state index in [2.05, 4.69) is 51.4 Å². The first-order valence-corrected chi connectivity index (χ1v) is 10.3. The maximum absolute atomic E-state index is 7.24. The Labute approximate surface area is 180 Å². The van der Waals surface area contributed by atoms with E-state index in [9.17, 15) is 0 Å². The number of benzene rings is 2. The second kappa shape index (κ2) is 8.17. The van der Waals surface area contributed by atoms with E-state index >= 15 is 0 Å². The predicted molar refractivity (Wildman–Crippen MR) is 119 cm³/mol. The van der Waals surface area contributed by atoms with Gasteiger partial charge < -0.3 is 10.1 Å². The quantitative estimate of drug-likeness (QED) is 0.497. The van der Waals surface area contributed by atoms with E-state index in [0.29, 0.717) is 29.7 Å². The summed E-state index contributed by atoms with van der Waals surface area (Å²) in [4.78, 5) is 12.9. The minimum absolute atomic E-state index is 0.461. The van der Waals surface area contributed by atoms with Gasteiger partial charge in [-0.2, -0.15) is 5.10 Å². The summed E-state index contributed by atoms with van der Waals surface area (Å²) in [5.74, 6) is 0.937. The molecule has 0 unspecified atom stereocenters. The number of aromatic nitrogens is 4. The van der Waals surface area contributed by atoms with E-state index in [1.807, 2.05) is 12.1 Å². The van der Waals surface area contributed by atoms with Crippen LogP contribution in [0.25, 0.3) is 33.0 Å². The number of rotatable bonds is 5. The van der Waals surface area contributed by atoms with Crippen LogP contribution in [0.4, 0.5) is 5.69 Å². The van der Waals surface area contributed by atoms with Crippen LogP contribution >= 0.6 is 0 Å². The zero-order valence-corrected chi connectivity index (χ0v) is 17.2. The minimum atomic E-state index is 0.461. The average Bonchev–Trinajstić information content (AvgIpc) is 3.50. The highest BCUT2D eigenvalue weighted by Gasteiger charge is 2.22. The van der Waals surface area contributed by atoms with Crippen molar-refractivity contribution in [2.45, 2.75) is 13.3 Å². The van der Waals surface area contributed by atoms with Crippen molar-refractivity contribution in [2.24, 2.45) is 5.92 Å². The van der Waals surface area contributed by atoms with Crippen molar-refractivity contribution >= 4 is 11.3 Å². The van der Waals surface area contributed by atoms with Gasteiger partial charge >= 0.3 is 0 Å². The van der Waals surface area contributed by atoms with Crippen LogP contribution in [0.2, 0.25) is 0 Å². The summed E-state index contributed by atoms with van der Waals surface area (Å²) in [6.45, 7) is 11.9. The van der Waals surface area contributed by atoms with Gasteiger partial charge in [0.15, 0.2) is 5.69 Å². The second-order valence-corrected chi connectivity index (χ2v) is 7.80. The molecule has 3 heterocycles. The van der Waals surface area contributed by atoms with Crippen LogP contribution in [0.5, 0.6) is 5.88 Å². The number of hydrogen-bond acceptors (Lipinski definition) is 5. The molecule has 1 atom stereocenters. The van der Waals surface area contributed by atoms with Gasteiger partial charge in [0.1, 0.15) is 17.7 Å². The summed E-state index contributed by atoms with van der Waals surface area (Å²) in [7, 11) is 0. The third kappa shape index (κ3) is 3.74. The summed E-state index contributed by atoms with van der Waals surface area (Å²) >= 11 is 0. The van der Waals surface area contributed by atoms with E-state index in [1.54, 1.807) is 16.6 Å². The second-order valence-electron chi connectivity index (χ2n) is 7.80. The highest BCUT2D eigenvalue weighted by Crippen LogP contribution is 2.35. The zero-order chi connectivity index (χ0) is 21.2. The van der Waals surface area contributed by atoms with Gasteiger partial charge in [-0.3, -0.25) is 0 Å². The fraction of sp³-hybridized carbons (Fsp3) is 0.250. The van der Waals surface area contributed by atoms with Gasteiger partial charge in [0, 0.05) is 23.6 Å². The first-order chi connectivity index (χ1) is 15.2. The molecule has 0 spiro atoms. The van der Waals surface area contributed by atoms with E-state index < -0.39 is 0 Å². The van der Waals surface area contributed by atoms with Crippen molar-refractivity contribution in [3.8, 4) is 28.4 Å². The van der Waals surface area contributed by atoms with Gasteiger partial charge in [-0.15, -0.1) is 0 Å². The molecule has 2 aromatic heterocycles. The summed E-state index contributed by atoms with van der Waals surface area (Å²) in [5, 5.41) is 7.87. The van der Waals surface area contributed by atoms with Crippen LogP contribution in [0.3, 0.4) is 0 Å². The summed E-state index contributed by atoms with van der Waals surface area (Å²) < 4.78 is 7.96. The molecule has 7 heteroatoms. The molecule has 0 bridgehead atoms. The first-order valence-electron chi connectivity index (χ1n) is 10.3. The van der Waals surface area contributed by atoms with Crippen LogP contribution in [-0.4, -0.2) is 39.3 Å². The number of nitrogens with zero attached hydrogens (tertiary/aromatic N) is 5. The predicted octanol–water partition coefficient (Wildman–Crippen LogP) is 4.31. The third-order valence-corrected chi connectivity index (χ3v) is 5.60. The average molecular weight is 410 g/mol. The molecule has 31 heavy (non-hydrogen) atoms. The number of ether oxygens (including phenoxy) is 1. The summed E-state index contributed by atoms with van der Waals surface area (Å²) in [6.07, 6.45) is 2.62. The molecule has 0 aliphatic carbocycles. The van der Waals surface area contributed by atoms with Crippen LogP contribution in [0.1, 0.15) is 12.0 Å². The van der Waals surface area contributed by atoms with Gasteiger partial charge in [-0.25, -0.2) is 19.3 Å². The van der Waals surface area contributed by atoms with Gasteiger partial charge in [0.2, 0.25) is 5.65 Å². The van der Waals surface area contributed by atoms with Crippen LogP contribution in [-0.2, 0) is 0 Å². The highest BCUT2D eigenvalue weighted by molar-refractivity contribution is 5.81. The standard InChI is InChI=1S/C24H22N6O/c1-16-3-5-19(6-4-16)22-21(18-7-9-20(25-2)10-8-18)29-24(23-27-15-28-30(22)23)31-14-17-11-12-26-13-17/h3-10,15,17,26H,11-14H2,1H3/t17-/m1/s1. The summed E-state index contributed by atoms with van der Waals surface area (Å²) in [6, 6.07) is 15.7. The molecular formula is C24H22N6O. The number of fused-ring (bicyclic) bond motifs is 1. The normalized spacial score (nSPS) is 15.8. The topological polar surface area (TPSA) is 68.7 Å². The minimum Gasteiger partial charge on any atom is -0.475 e. The van der Waals surface area contributed by atoms with Gasteiger partial charge in [-0.05, 0) is 19.9 Å². The van der Waals surface area contributed by atoms with Crippen molar-refractivity contribution < 1.29 is 4.74 Å². The van der Waals surface area contributed by atoms with E-state index in [1.165, 1.54) is 11.9 Å². The van der Waals surface area contributed by atoms with Crippen molar-refractivity contribution in [1.82, 2.24) is 24.9 Å². The molecule has 1 N–H and O–H groups in total. The maximum atomic E-state index is 7.24. The highest BCUT2D eigenvalue weighted by atomic mass is 16.5. The molecular weight excluding hydrogens is 388 g/mol. The van der Waals surface area contributed by atoms with Gasteiger partial charge in [-0.1, -0.05) is 54.1 Å². The number of nitrogens with one attached hydrogen (secondary N) is 1. The van der Waals surface area contributed by atoms with Crippen LogP contribution in [0.15, 0.2) is 54.9 Å². The van der Waals surface area contributed by atoms with Gasteiger partial charge in [0.25, 0.3) is 5.88 Å². The van der Waals surface area contributed by atoms with Crippen molar-refractivity contribution in [3.63, 3.8) is 0 Å². The third-order valence-electron chi connectivity index (χ3n) is 5.60. The molecule has 1 aliphatic rings. The van der Waals surface area contributed by atoms with E-state index in [4.69, 9.17) is 16.3 Å². The Morgan fingerprint density at radius 1 is 1.13 bits per heavy atom. The SMILES string of the molecule is [C-]#[N+]c1ccc(-c2nc(OC[C@@H]3CCNC3)c3ncnn3c2-c2ccc(C)cc2)cc1. The molecule has 154 valence electrons. The summed E-state index contributed by atoms with van der Waals surface area (Å²) in [5.41, 5.74) is 5.85. The molecule has 0 amide bonds. The Morgan fingerprint density at radius 2 is 1.90 bits per heavy atom. The molecule has 7 nitrogen and oxygen atoms in total. The fourth-order valence-electron chi connectivity index (χ4n) is 3.87. The Morgan fingerprint density at radius 3 is 2.61 bits per heavy atom. The maximum Gasteiger partial charge on any atom is 0.260 e. The monoisotopic (exact) mass is 410 g/mol. The van der Waals surface area contributed by atoms with Crippen molar-refractivity contribution in [2.75, 3.05) is 19.7 Å². The molecule has 0 radical (unpaired) electrons. The number of hydrogen-bond donors (Lipinski definition) is 1. The lowest BCUT2D eigenvalue weighted by Gasteiger charge is -2.16. The first kappa shape index (κ1) is 19.2. The zero-order valence-electron chi connectivity index (χ0n) is 17.2. The lowest BCUT2D eigenvalue weighted by molar-refractivity contribution is 0.253. The van der Waals surface area contributed by atoms with E-state index in [-0.39, 0.29) is 0 Å². The Bertz CT molecular complexity index is 1250. The molecule has 5 rings (SSSR count). The smallest absolute Gasteiger partial charge is 0.260 e. The Balaban J connectivity index is 1.67. The van der Waals surface area contributed by atoms with Crippen molar-refractivity contribution in [3.05, 3.63) is 71.8 Å². The van der Waals surface area contributed by atoms with Crippen molar-refractivity contribution in [1.29, 1.82) is 0 Å². The van der Waals surface area contributed by atoms with Crippen LogP contribution in [0, 0.1) is 19.4 Å². The largest absolute Gasteiger partial charge is 0.475 e. The molecule has 1 fully saturated rings. The Hall–Kier alpha value is -3.76. The number of aryl methyl sites for hydroxylation is 1. The molecule has 0 saturated carbocycles. The lowest BCUT2D eigenvalue weighted by Crippen LogP contribution is -2.16. The van der Waals surface area contributed by atoms with Crippen LogP contribution < -0.4 is 10.1 Å². The molecule has 1 aliphatic heterocycles. The van der Waals surface area contributed by atoms with E-state index in [0.717, 1.165) is 42.0 Å². The Kier molecular flexibility index (Phi) is 5.06.